The van der Waals surface area contributed by atoms with Gasteiger partial charge in [0.15, 0.2) is 0 Å². The first-order valence-electron chi connectivity index (χ1n) is 9.71. The van der Waals surface area contributed by atoms with E-state index in [9.17, 15) is 4.79 Å². The topological polar surface area (TPSA) is 45.7 Å². The highest BCUT2D eigenvalue weighted by Gasteiger charge is 2.21. The number of methoxy groups -OCH3 is 1. The van der Waals surface area contributed by atoms with Gasteiger partial charge in [0.2, 0.25) is 0 Å². The van der Waals surface area contributed by atoms with Gasteiger partial charge in [-0.1, -0.05) is 36.4 Å². The third-order valence-corrected chi connectivity index (χ3v) is 5.30. The van der Waals surface area contributed by atoms with Crippen molar-refractivity contribution in [1.82, 2.24) is 14.8 Å². The van der Waals surface area contributed by atoms with Gasteiger partial charge in [-0.05, 0) is 24.3 Å². The Balaban J connectivity index is 1.43. The molecule has 0 atom stereocenters. The molecule has 1 saturated heterocycles. The first-order valence-corrected chi connectivity index (χ1v) is 9.71. The average molecular weight is 375 g/mol. The van der Waals surface area contributed by atoms with E-state index in [1.807, 2.05) is 53.4 Å². The highest BCUT2D eigenvalue weighted by Crippen LogP contribution is 2.22. The molecule has 144 valence electrons. The van der Waals surface area contributed by atoms with E-state index in [4.69, 9.17) is 9.72 Å². The zero-order valence-electron chi connectivity index (χ0n) is 16.2. The number of para-hydroxylation sites is 1. The molecule has 0 N–H and O–H groups in total. The van der Waals surface area contributed by atoms with E-state index in [0.717, 1.165) is 67.1 Å². The summed E-state index contributed by atoms with van der Waals surface area (Å²) in [6, 6.07) is 20.0. The van der Waals surface area contributed by atoms with Crippen molar-refractivity contribution >= 4 is 16.8 Å². The van der Waals surface area contributed by atoms with Gasteiger partial charge in [0.1, 0.15) is 0 Å². The third-order valence-electron chi connectivity index (χ3n) is 5.30. The molecule has 1 aliphatic heterocycles. The van der Waals surface area contributed by atoms with Gasteiger partial charge in [0.05, 0.1) is 17.8 Å². The van der Waals surface area contributed by atoms with Crippen LogP contribution in [-0.2, 0) is 4.74 Å². The van der Waals surface area contributed by atoms with Crippen LogP contribution in [0.1, 0.15) is 10.4 Å². The maximum atomic E-state index is 12.8. The number of carbonyl (C=O) groups excluding carboxylic acids is 1. The van der Waals surface area contributed by atoms with Crippen LogP contribution in [0.25, 0.3) is 22.2 Å². The Morgan fingerprint density at radius 1 is 0.964 bits per heavy atom. The van der Waals surface area contributed by atoms with Gasteiger partial charge in [0.25, 0.3) is 5.91 Å². The van der Waals surface area contributed by atoms with Crippen LogP contribution in [-0.4, -0.2) is 67.1 Å². The average Bonchev–Trinajstić information content (AvgIpc) is 2.77. The van der Waals surface area contributed by atoms with Crippen molar-refractivity contribution in [2.24, 2.45) is 0 Å². The number of rotatable bonds is 5. The molecule has 2 aromatic carbocycles. The number of piperazine rings is 1. The molecule has 0 bridgehead atoms. The van der Waals surface area contributed by atoms with Crippen LogP contribution in [0.15, 0.2) is 60.7 Å². The number of benzene rings is 2. The minimum atomic E-state index is 0.101. The number of hydrogen-bond acceptors (Lipinski definition) is 4. The Morgan fingerprint density at radius 2 is 1.71 bits per heavy atom. The number of amides is 1. The predicted octanol–water partition coefficient (Wildman–Crippen LogP) is 3.31. The number of hydrogen-bond donors (Lipinski definition) is 0. The van der Waals surface area contributed by atoms with Gasteiger partial charge >= 0.3 is 0 Å². The maximum absolute atomic E-state index is 12.8. The van der Waals surface area contributed by atoms with E-state index in [-0.39, 0.29) is 5.91 Å². The number of fused-ring (bicyclic) bond motifs is 1. The first-order chi connectivity index (χ1) is 13.7. The zero-order chi connectivity index (χ0) is 19.3. The van der Waals surface area contributed by atoms with Crippen LogP contribution in [0.4, 0.5) is 0 Å². The molecule has 28 heavy (non-hydrogen) atoms. The Morgan fingerprint density at radius 3 is 2.46 bits per heavy atom. The van der Waals surface area contributed by atoms with Crippen LogP contribution in [0, 0.1) is 0 Å². The minimum absolute atomic E-state index is 0.101. The van der Waals surface area contributed by atoms with E-state index in [0.29, 0.717) is 0 Å². The van der Waals surface area contributed by atoms with Gasteiger partial charge in [-0.2, -0.15) is 0 Å². The fourth-order valence-electron chi connectivity index (χ4n) is 3.59. The molecule has 5 heteroatoms. The highest BCUT2D eigenvalue weighted by atomic mass is 16.5. The number of ether oxygens (including phenoxy) is 1. The van der Waals surface area contributed by atoms with Gasteiger partial charge < -0.3 is 9.64 Å². The summed E-state index contributed by atoms with van der Waals surface area (Å²) in [7, 11) is 1.72. The lowest BCUT2D eigenvalue weighted by atomic mass is 10.1. The zero-order valence-corrected chi connectivity index (χ0v) is 16.2. The number of nitrogens with zero attached hydrogens (tertiary/aromatic N) is 3. The van der Waals surface area contributed by atoms with Gasteiger partial charge in [0, 0.05) is 56.3 Å². The summed E-state index contributed by atoms with van der Waals surface area (Å²) < 4.78 is 5.13. The Bertz CT molecular complexity index is 947. The van der Waals surface area contributed by atoms with Crippen LogP contribution >= 0.6 is 0 Å². The smallest absolute Gasteiger partial charge is 0.253 e. The van der Waals surface area contributed by atoms with E-state index in [2.05, 4.69) is 17.0 Å². The molecule has 1 aliphatic rings. The molecule has 0 radical (unpaired) electrons. The van der Waals surface area contributed by atoms with Gasteiger partial charge in [-0.3, -0.25) is 9.69 Å². The lowest BCUT2D eigenvalue weighted by Gasteiger charge is -2.34. The van der Waals surface area contributed by atoms with E-state index in [1.54, 1.807) is 7.11 Å². The molecule has 4 rings (SSSR count). The fourth-order valence-corrected chi connectivity index (χ4v) is 3.59. The number of pyridine rings is 1. The summed E-state index contributed by atoms with van der Waals surface area (Å²) in [5.41, 5.74) is 3.65. The van der Waals surface area contributed by atoms with Crippen molar-refractivity contribution in [3.8, 4) is 11.3 Å². The van der Waals surface area contributed by atoms with E-state index in [1.165, 1.54) is 0 Å². The lowest BCUT2D eigenvalue weighted by Crippen LogP contribution is -2.49. The monoisotopic (exact) mass is 375 g/mol. The normalized spacial score (nSPS) is 15.1. The fraction of sp³-hybridized carbons (Fsp3) is 0.304. The summed E-state index contributed by atoms with van der Waals surface area (Å²) >= 11 is 0. The molecule has 1 aromatic heterocycles. The van der Waals surface area contributed by atoms with Crippen molar-refractivity contribution in [2.45, 2.75) is 0 Å². The largest absolute Gasteiger partial charge is 0.383 e. The second-order valence-electron chi connectivity index (χ2n) is 7.09. The van der Waals surface area contributed by atoms with Crippen molar-refractivity contribution < 1.29 is 9.53 Å². The molecular formula is C23H25N3O2. The minimum Gasteiger partial charge on any atom is -0.383 e. The molecule has 5 nitrogen and oxygen atoms in total. The first kappa shape index (κ1) is 18.6. The molecule has 0 unspecified atom stereocenters. The molecule has 0 aliphatic carbocycles. The summed E-state index contributed by atoms with van der Waals surface area (Å²) in [6.45, 7) is 4.97. The number of carbonyl (C=O) groups is 1. The second-order valence-corrected chi connectivity index (χ2v) is 7.09. The van der Waals surface area contributed by atoms with E-state index >= 15 is 0 Å². The van der Waals surface area contributed by atoms with Crippen LogP contribution < -0.4 is 0 Å². The molecule has 1 amide bonds. The second kappa shape index (κ2) is 8.50. The van der Waals surface area contributed by atoms with Crippen LogP contribution in [0.2, 0.25) is 0 Å². The lowest BCUT2D eigenvalue weighted by molar-refractivity contribution is 0.0594. The van der Waals surface area contributed by atoms with Gasteiger partial charge in [-0.25, -0.2) is 4.98 Å². The Kier molecular flexibility index (Phi) is 5.65. The quantitative estimate of drug-likeness (QED) is 0.686. The molecule has 3 aromatic rings. The Hall–Kier alpha value is -2.76. The van der Waals surface area contributed by atoms with Crippen molar-refractivity contribution in [2.75, 3.05) is 46.4 Å². The van der Waals surface area contributed by atoms with Crippen molar-refractivity contribution in [3.63, 3.8) is 0 Å². The standard InChI is InChI=1S/C23H25N3O2/c1-28-17-16-25-12-14-26(15-13-25)23(27)20-8-6-19(7-9-20)22-11-10-18-4-2-3-5-21(18)24-22/h2-11H,12-17H2,1H3. The van der Waals surface area contributed by atoms with Crippen molar-refractivity contribution in [3.05, 3.63) is 66.2 Å². The molecule has 0 spiro atoms. The predicted molar refractivity (Wildman–Crippen MR) is 111 cm³/mol. The van der Waals surface area contributed by atoms with Crippen molar-refractivity contribution in [1.29, 1.82) is 0 Å². The molecular weight excluding hydrogens is 350 g/mol. The summed E-state index contributed by atoms with van der Waals surface area (Å²) in [4.78, 5) is 21.8. The summed E-state index contributed by atoms with van der Waals surface area (Å²) in [6.07, 6.45) is 0. The highest BCUT2D eigenvalue weighted by molar-refractivity contribution is 5.94. The molecule has 1 fully saturated rings. The van der Waals surface area contributed by atoms with E-state index < -0.39 is 0 Å². The molecule has 0 saturated carbocycles. The van der Waals surface area contributed by atoms with Crippen LogP contribution in [0.5, 0.6) is 0 Å². The molecule has 2 heterocycles. The summed E-state index contributed by atoms with van der Waals surface area (Å²) in [5, 5.41) is 1.13. The third kappa shape index (κ3) is 4.06. The van der Waals surface area contributed by atoms with Crippen LogP contribution in [0.3, 0.4) is 0 Å². The Labute approximate surface area is 165 Å². The summed E-state index contributed by atoms with van der Waals surface area (Å²) in [5.74, 6) is 0.101. The van der Waals surface area contributed by atoms with Gasteiger partial charge in [-0.15, -0.1) is 0 Å². The maximum Gasteiger partial charge on any atom is 0.253 e. The SMILES string of the molecule is COCCN1CCN(C(=O)c2ccc(-c3ccc4ccccc4n3)cc2)CC1. The number of aromatic nitrogens is 1.